The molecule has 2 atom stereocenters. The van der Waals surface area contributed by atoms with Crippen LogP contribution in [0.5, 0.6) is 0 Å². The van der Waals surface area contributed by atoms with Gasteiger partial charge in [-0.15, -0.1) is 0 Å². The quantitative estimate of drug-likeness (QED) is 0.385. The van der Waals surface area contributed by atoms with Crippen LogP contribution in [0.1, 0.15) is 19.8 Å². The third-order valence-electron chi connectivity index (χ3n) is 6.39. The number of pyridine rings is 1. The van der Waals surface area contributed by atoms with Gasteiger partial charge in [0, 0.05) is 44.6 Å². The van der Waals surface area contributed by atoms with Gasteiger partial charge in [-0.3, -0.25) is 13.9 Å². The molecule has 2 N–H and O–H groups in total. The lowest BCUT2D eigenvalue weighted by Gasteiger charge is -2.21. The third kappa shape index (κ3) is 4.16. The summed E-state index contributed by atoms with van der Waals surface area (Å²) in [4.78, 5) is 44.7. The first kappa shape index (κ1) is 22.7. The number of hydrogen-bond acceptors (Lipinski definition) is 9. The Balaban J connectivity index is 1.33. The Kier molecular flexibility index (Phi) is 5.81. The van der Waals surface area contributed by atoms with Crippen LogP contribution >= 0.6 is 0 Å². The second-order valence-corrected chi connectivity index (χ2v) is 8.80. The van der Waals surface area contributed by atoms with Crippen LogP contribution in [0, 0.1) is 0 Å². The van der Waals surface area contributed by atoms with Crippen molar-refractivity contribution in [1.29, 1.82) is 0 Å². The average molecular weight is 478 g/mol. The van der Waals surface area contributed by atoms with E-state index in [1.807, 2.05) is 12.1 Å². The summed E-state index contributed by atoms with van der Waals surface area (Å²) in [6.07, 6.45) is 6.17. The second-order valence-electron chi connectivity index (χ2n) is 8.80. The van der Waals surface area contributed by atoms with Crippen molar-refractivity contribution in [3.63, 3.8) is 0 Å². The lowest BCUT2D eigenvalue weighted by molar-refractivity contribution is 0.183. The zero-order chi connectivity index (χ0) is 24.7. The number of nitrogens with one attached hydrogen (secondary N) is 1. The Morgan fingerprint density at radius 1 is 1.14 bits per heavy atom. The maximum atomic E-state index is 12.6. The number of imidazole rings is 1. The minimum atomic E-state index is -1.06. The molecule has 182 valence electrons. The number of aryl methyl sites for hydroxylation is 1. The molecule has 0 saturated carbocycles. The summed E-state index contributed by atoms with van der Waals surface area (Å²) < 4.78 is 3.84. The molecule has 1 aliphatic rings. The molecule has 4 aromatic rings. The predicted molar refractivity (Wildman–Crippen MR) is 131 cm³/mol. The van der Waals surface area contributed by atoms with Gasteiger partial charge in [-0.1, -0.05) is 6.07 Å². The summed E-state index contributed by atoms with van der Waals surface area (Å²) in [5.41, 5.74) is 1.00. The van der Waals surface area contributed by atoms with Crippen LogP contribution in [-0.2, 0) is 20.6 Å². The highest BCUT2D eigenvalue weighted by Gasteiger charge is 2.22. The fourth-order valence-electron chi connectivity index (χ4n) is 4.45. The van der Waals surface area contributed by atoms with Crippen LogP contribution < -0.4 is 21.5 Å². The lowest BCUT2D eigenvalue weighted by Crippen LogP contribution is -2.38. The molecule has 0 aliphatic carbocycles. The first-order valence-electron chi connectivity index (χ1n) is 11.4. The largest absolute Gasteiger partial charge is 0.372 e. The van der Waals surface area contributed by atoms with Crippen LogP contribution in [0.4, 0.5) is 11.8 Å². The summed E-state index contributed by atoms with van der Waals surface area (Å²) in [7, 11) is 2.96. The Bertz CT molecular complexity index is 1490. The maximum Gasteiger partial charge on any atom is 0.332 e. The molecule has 0 bridgehead atoms. The van der Waals surface area contributed by atoms with E-state index in [1.54, 1.807) is 25.5 Å². The lowest BCUT2D eigenvalue weighted by atomic mass is 10.2. The topological polar surface area (TPSA) is 136 Å². The van der Waals surface area contributed by atoms with Crippen molar-refractivity contribution in [2.45, 2.75) is 38.6 Å². The maximum absolute atomic E-state index is 12.6. The van der Waals surface area contributed by atoms with Gasteiger partial charge in [-0.2, -0.15) is 0 Å². The zero-order valence-corrected chi connectivity index (χ0v) is 19.8. The van der Waals surface area contributed by atoms with E-state index in [1.165, 1.54) is 22.5 Å². The second kappa shape index (κ2) is 8.95. The van der Waals surface area contributed by atoms with Gasteiger partial charge in [0.2, 0.25) is 5.95 Å². The minimum absolute atomic E-state index is 0.0294. The van der Waals surface area contributed by atoms with Gasteiger partial charge >= 0.3 is 5.69 Å². The predicted octanol–water partition coefficient (Wildman–Crippen LogP) is 0.705. The van der Waals surface area contributed by atoms with Gasteiger partial charge in [-0.05, 0) is 31.9 Å². The van der Waals surface area contributed by atoms with E-state index in [0.29, 0.717) is 17.6 Å². The molecule has 5 rings (SSSR count). The number of rotatable bonds is 6. The summed E-state index contributed by atoms with van der Waals surface area (Å²) in [6, 6.07) is 5.85. The Hall–Kier alpha value is -4.06. The van der Waals surface area contributed by atoms with Crippen LogP contribution in [0.3, 0.4) is 0 Å². The van der Waals surface area contributed by atoms with E-state index >= 15 is 0 Å². The molecule has 0 spiro atoms. The molecular formula is C23H27N9O3. The normalized spacial score (nSPS) is 16.7. The van der Waals surface area contributed by atoms with Crippen molar-refractivity contribution in [3.8, 4) is 11.3 Å². The molecule has 0 radical (unpaired) electrons. The average Bonchev–Trinajstić information content (AvgIpc) is 3.48. The van der Waals surface area contributed by atoms with Crippen LogP contribution in [0.25, 0.3) is 22.4 Å². The van der Waals surface area contributed by atoms with E-state index in [9.17, 15) is 14.7 Å². The first-order chi connectivity index (χ1) is 16.8. The molecule has 1 unspecified atom stereocenters. The summed E-state index contributed by atoms with van der Waals surface area (Å²) in [6.45, 7) is 3.17. The van der Waals surface area contributed by atoms with Gasteiger partial charge in [-0.25, -0.2) is 24.7 Å². The van der Waals surface area contributed by atoms with Crippen molar-refractivity contribution in [2.75, 3.05) is 16.8 Å². The van der Waals surface area contributed by atoms with Crippen molar-refractivity contribution in [1.82, 2.24) is 33.6 Å². The van der Waals surface area contributed by atoms with Crippen molar-refractivity contribution in [3.05, 3.63) is 57.8 Å². The SMILES string of the molecule is C[C@H]1CCCN1c1ncc(-c2cccc(NC(O)Cn3cnc4c3c(=O)n(C)c(=O)n4C)n2)cn1. The third-order valence-corrected chi connectivity index (χ3v) is 6.39. The minimum Gasteiger partial charge on any atom is -0.372 e. The molecule has 1 fully saturated rings. The Morgan fingerprint density at radius 3 is 2.63 bits per heavy atom. The van der Waals surface area contributed by atoms with E-state index in [2.05, 4.69) is 37.1 Å². The fraction of sp³-hybridized carbons (Fsp3) is 0.391. The number of aliphatic hydroxyl groups is 1. The van der Waals surface area contributed by atoms with Gasteiger partial charge in [0.05, 0.1) is 18.6 Å². The highest BCUT2D eigenvalue weighted by Crippen LogP contribution is 2.24. The van der Waals surface area contributed by atoms with Crippen LogP contribution in [0.2, 0.25) is 0 Å². The highest BCUT2D eigenvalue weighted by molar-refractivity contribution is 5.70. The van der Waals surface area contributed by atoms with Gasteiger partial charge in [0.25, 0.3) is 5.56 Å². The number of fused-ring (bicyclic) bond motifs is 1. The number of aromatic nitrogens is 7. The molecule has 1 saturated heterocycles. The van der Waals surface area contributed by atoms with Crippen LogP contribution in [-0.4, -0.2) is 57.6 Å². The van der Waals surface area contributed by atoms with Gasteiger partial charge < -0.3 is 19.9 Å². The summed E-state index contributed by atoms with van der Waals surface area (Å²) >= 11 is 0. The Morgan fingerprint density at radius 2 is 1.91 bits per heavy atom. The molecule has 12 heteroatoms. The molecular weight excluding hydrogens is 450 g/mol. The smallest absolute Gasteiger partial charge is 0.332 e. The molecule has 0 aromatic carbocycles. The number of aliphatic hydroxyl groups excluding tert-OH is 1. The van der Waals surface area contributed by atoms with Crippen LogP contribution in [0.15, 0.2) is 46.5 Å². The van der Waals surface area contributed by atoms with E-state index < -0.39 is 17.5 Å². The summed E-state index contributed by atoms with van der Waals surface area (Å²) in [5.74, 6) is 1.18. The fourth-order valence-corrected chi connectivity index (χ4v) is 4.45. The standard InChI is InChI=1S/C23H27N9O3/c1-14-6-5-9-32(14)22-24-10-15(11-25-22)16-7-4-8-17(27-16)28-18(33)12-31-13-26-20-19(31)21(34)30(3)23(35)29(20)2/h4,7-8,10-11,13-14,18,33H,5-6,9,12H2,1-3H3,(H,27,28)/t14-,18?/m0/s1. The summed E-state index contributed by atoms with van der Waals surface area (Å²) in [5, 5.41) is 13.6. The van der Waals surface area contributed by atoms with Crippen molar-refractivity contribution >= 4 is 22.9 Å². The monoisotopic (exact) mass is 477 g/mol. The molecule has 4 aromatic heterocycles. The van der Waals surface area contributed by atoms with Crippen molar-refractivity contribution in [2.24, 2.45) is 14.1 Å². The molecule has 0 amide bonds. The van der Waals surface area contributed by atoms with Gasteiger partial charge in [0.1, 0.15) is 12.0 Å². The molecule has 12 nitrogen and oxygen atoms in total. The number of nitrogens with zero attached hydrogens (tertiary/aromatic N) is 8. The van der Waals surface area contributed by atoms with E-state index in [0.717, 1.165) is 35.5 Å². The van der Waals surface area contributed by atoms with Gasteiger partial charge in [0.15, 0.2) is 11.2 Å². The number of hydrogen-bond donors (Lipinski definition) is 2. The Labute approximate surface area is 200 Å². The molecule has 5 heterocycles. The zero-order valence-electron chi connectivity index (χ0n) is 19.8. The number of anilines is 2. The molecule has 35 heavy (non-hydrogen) atoms. The first-order valence-corrected chi connectivity index (χ1v) is 11.4. The molecule has 1 aliphatic heterocycles. The highest BCUT2D eigenvalue weighted by atomic mass is 16.3. The van der Waals surface area contributed by atoms with E-state index in [4.69, 9.17) is 0 Å². The van der Waals surface area contributed by atoms with E-state index in [-0.39, 0.29) is 17.7 Å². The van der Waals surface area contributed by atoms with Crippen molar-refractivity contribution < 1.29 is 5.11 Å².